The Balaban J connectivity index is 1.77. The van der Waals surface area contributed by atoms with Crippen LogP contribution < -0.4 is 14.8 Å². The standard InChI is InChI=1S/C25H34N2O4/c1-6-27(18-23(28)26-21-10-7-8-11-22(21)30-5)24(29)12-9-17-31-20-15-13-19(14-16-20)25(2,3)4/h7-8,10-11,13-16H,6,9,12,17-18H2,1-5H3,(H,26,28). The summed E-state index contributed by atoms with van der Waals surface area (Å²) in [6.45, 7) is 9.29. The first-order chi connectivity index (χ1) is 14.7. The van der Waals surface area contributed by atoms with Crippen LogP contribution in [-0.2, 0) is 15.0 Å². The summed E-state index contributed by atoms with van der Waals surface area (Å²) in [6.07, 6.45) is 0.917. The number of ether oxygens (including phenoxy) is 2. The van der Waals surface area contributed by atoms with Gasteiger partial charge in [-0.2, -0.15) is 0 Å². The average molecular weight is 427 g/mol. The summed E-state index contributed by atoms with van der Waals surface area (Å²) in [5.41, 5.74) is 1.94. The minimum Gasteiger partial charge on any atom is -0.495 e. The zero-order valence-corrected chi connectivity index (χ0v) is 19.2. The molecule has 0 atom stereocenters. The van der Waals surface area contributed by atoms with Crippen LogP contribution in [0.25, 0.3) is 0 Å². The Bertz CT molecular complexity index is 857. The van der Waals surface area contributed by atoms with Gasteiger partial charge in [0.25, 0.3) is 0 Å². The Morgan fingerprint density at radius 2 is 1.71 bits per heavy atom. The van der Waals surface area contributed by atoms with Crippen molar-refractivity contribution in [3.63, 3.8) is 0 Å². The van der Waals surface area contributed by atoms with Gasteiger partial charge in [0.05, 0.1) is 25.9 Å². The number of amides is 2. The molecule has 0 aromatic heterocycles. The summed E-state index contributed by atoms with van der Waals surface area (Å²) in [5.74, 6) is 1.06. The van der Waals surface area contributed by atoms with Gasteiger partial charge in [0.2, 0.25) is 11.8 Å². The quantitative estimate of drug-likeness (QED) is 0.562. The highest BCUT2D eigenvalue weighted by Gasteiger charge is 2.17. The topological polar surface area (TPSA) is 67.9 Å². The van der Waals surface area contributed by atoms with Crippen LogP contribution in [0.5, 0.6) is 11.5 Å². The summed E-state index contributed by atoms with van der Waals surface area (Å²) in [5, 5.41) is 2.80. The number of carbonyl (C=O) groups excluding carboxylic acids is 2. The highest BCUT2D eigenvalue weighted by Crippen LogP contribution is 2.24. The number of likely N-dealkylation sites (N-methyl/N-ethyl adjacent to an activating group) is 1. The van der Waals surface area contributed by atoms with E-state index < -0.39 is 0 Å². The second-order valence-electron chi connectivity index (χ2n) is 8.38. The first-order valence-corrected chi connectivity index (χ1v) is 10.7. The van der Waals surface area contributed by atoms with E-state index >= 15 is 0 Å². The predicted octanol–water partition coefficient (Wildman–Crippen LogP) is 4.64. The zero-order chi connectivity index (χ0) is 22.9. The number of methoxy groups -OCH3 is 1. The number of anilines is 1. The molecule has 0 aliphatic carbocycles. The number of benzene rings is 2. The van der Waals surface area contributed by atoms with Crippen LogP contribution in [-0.4, -0.2) is 43.5 Å². The van der Waals surface area contributed by atoms with Crippen molar-refractivity contribution in [3.05, 3.63) is 54.1 Å². The lowest BCUT2D eigenvalue weighted by Gasteiger charge is -2.21. The zero-order valence-electron chi connectivity index (χ0n) is 19.2. The fraction of sp³-hybridized carbons (Fsp3) is 0.440. The molecular formula is C25H34N2O4. The molecule has 168 valence electrons. The maximum Gasteiger partial charge on any atom is 0.244 e. The van der Waals surface area contributed by atoms with E-state index in [-0.39, 0.29) is 23.8 Å². The van der Waals surface area contributed by atoms with Crippen molar-refractivity contribution in [2.24, 2.45) is 0 Å². The highest BCUT2D eigenvalue weighted by atomic mass is 16.5. The Hall–Kier alpha value is -3.02. The van der Waals surface area contributed by atoms with Crippen LogP contribution in [0.1, 0.15) is 46.1 Å². The van der Waals surface area contributed by atoms with E-state index in [1.165, 1.54) is 5.56 Å². The fourth-order valence-corrected chi connectivity index (χ4v) is 3.11. The third-order valence-corrected chi connectivity index (χ3v) is 4.97. The van der Waals surface area contributed by atoms with Crippen molar-refractivity contribution in [2.45, 2.75) is 46.0 Å². The lowest BCUT2D eigenvalue weighted by molar-refractivity contribution is -0.134. The maximum atomic E-state index is 12.5. The number of hydrogen-bond acceptors (Lipinski definition) is 4. The third-order valence-electron chi connectivity index (χ3n) is 4.97. The molecule has 1 N–H and O–H groups in total. The lowest BCUT2D eigenvalue weighted by atomic mass is 9.87. The molecule has 0 saturated heterocycles. The molecule has 0 aliphatic rings. The van der Waals surface area contributed by atoms with E-state index in [1.807, 2.05) is 31.2 Å². The van der Waals surface area contributed by atoms with Crippen molar-refractivity contribution in [3.8, 4) is 11.5 Å². The minimum absolute atomic E-state index is 0.00248. The van der Waals surface area contributed by atoms with E-state index in [4.69, 9.17) is 9.47 Å². The summed E-state index contributed by atoms with van der Waals surface area (Å²) in [4.78, 5) is 26.4. The van der Waals surface area contributed by atoms with Gasteiger partial charge in [0.1, 0.15) is 11.5 Å². The van der Waals surface area contributed by atoms with Gasteiger partial charge in [-0.1, -0.05) is 45.0 Å². The Labute approximate surface area is 185 Å². The average Bonchev–Trinajstić information content (AvgIpc) is 2.75. The van der Waals surface area contributed by atoms with Crippen molar-refractivity contribution in [1.29, 1.82) is 0 Å². The summed E-state index contributed by atoms with van der Waals surface area (Å²) >= 11 is 0. The molecule has 2 rings (SSSR count). The number of hydrogen-bond donors (Lipinski definition) is 1. The van der Waals surface area contributed by atoms with Crippen LogP contribution in [0.2, 0.25) is 0 Å². The Morgan fingerprint density at radius 1 is 1.03 bits per heavy atom. The molecule has 2 amide bonds. The lowest BCUT2D eigenvalue weighted by Crippen LogP contribution is -2.37. The molecule has 0 bridgehead atoms. The normalized spacial score (nSPS) is 11.0. The predicted molar refractivity (Wildman–Crippen MR) is 124 cm³/mol. The van der Waals surface area contributed by atoms with Gasteiger partial charge in [0.15, 0.2) is 0 Å². The van der Waals surface area contributed by atoms with E-state index in [2.05, 4.69) is 38.2 Å². The van der Waals surface area contributed by atoms with Gasteiger partial charge in [-0.15, -0.1) is 0 Å². The molecule has 0 saturated carbocycles. The van der Waals surface area contributed by atoms with Crippen molar-refractivity contribution >= 4 is 17.5 Å². The molecule has 31 heavy (non-hydrogen) atoms. The molecule has 2 aromatic rings. The summed E-state index contributed by atoms with van der Waals surface area (Å²) in [7, 11) is 1.55. The van der Waals surface area contributed by atoms with Gasteiger partial charge in [-0.25, -0.2) is 0 Å². The molecule has 0 spiro atoms. The summed E-state index contributed by atoms with van der Waals surface area (Å²) in [6, 6.07) is 15.2. The smallest absolute Gasteiger partial charge is 0.244 e. The number of nitrogens with one attached hydrogen (secondary N) is 1. The van der Waals surface area contributed by atoms with E-state index in [0.29, 0.717) is 37.4 Å². The number of nitrogens with zero attached hydrogens (tertiary/aromatic N) is 1. The highest BCUT2D eigenvalue weighted by molar-refractivity contribution is 5.95. The first kappa shape index (κ1) is 24.3. The SMILES string of the molecule is CCN(CC(=O)Nc1ccccc1OC)C(=O)CCCOc1ccc(C(C)(C)C)cc1. The Kier molecular flexibility index (Phi) is 8.91. The van der Waals surface area contributed by atoms with E-state index in [1.54, 1.807) is 24.1 Å². The van der Waals surface area contributed by atoms with E-state index in [0.717, 1.165) is 5.75 Å². The molecular weight excluding hydrogens is 392 g/mol. The van der Waals surface area contributed by atoms with Gasteiger partial charge in [-0.3, -0.25) is 9.59 Å². The molecule has 0 unspecified atom stereocenters. The van der Waals surface area contributed by atoms with Crippen LogP contribution in [0, 0.1) is 0 Å². The number of carbonyl (C=O) groups is 2. The summed E-state index contributed by atoms with van der Waals surface area (Å²) < 4.78 is 11.0. The van der Waals surface area contributed by atoms with Crippen LogP contribution in [0.15, 0.2) is 48.5 Å². The Morgan fingerprint density at radius 3 is 2.32 bits per heavy atom. The first-order valence-electron chi connectivity index (χ1n) is 10.7. The van der Waals surface area contributed by atoms with Gasteiger partial charge in [-0.05, 0) is 48.6 Å². The van der Waals surface area contributed by atoms with Gasteiger partial charge < -0.3 is 19.7 Å². The fourth-order valence-electron chi connectivity index (χ4n) is 3.11. The van der Waals surface area contributed by atoms with E-state index in [9.17, 15) is 9.59 Å². The van der Waals surface area contributed by atoms with Crippen LogP contribution >= 0.6 is 0 Å². The van der Waals surface area contributed by atoms with Crippen molar-refractivity contribution in [1.82, 2.24) is 4.90 Å². The minimum atomic E-state index is -0.255. The monoisotopic (exact) mass is 426 g/mol. The second kappa shape index (κ2) is 11.4. The third kappa shape index (κ3) is 7.63. The molecule has 6 heteroatoms. The molecule has 2 aromatic carbocycles. The molecule has 0 fully saturated rings. The number of rotatable bonds is 10. The van der Waals surface area contributed by atoms with Gasteiger partial charge in [0, 0.05) is 13.0 Å². The largest absolute Gasteiger partial charge is 0.495 e. The van der Waals surface area contributed by atoms with Crippen LogP contribution in [0.4, 0.5) is 5.69 Å². The second-order valence-corrected chi connectivity index (χ2v) is 8.38. The molecule has 0 aliphatic heterocycles. The van der Waals surface area contributed by atoms with Crippen LogP contribution in [0.3, 0.4) is 0 Å². The van der Waals surface area contributed by atoms with Crippen molar-refractivity contribution in [2.75, 3.05) is 32.1 Å². The van der Waals surface area contributed by atoms with Gasteiger partial charge >= 0.3 is 0 Å². The number of para-hydroxylation sites is 2. The maximum absolute atomic E-state index is 12.5. The molecule has 0 radical (unpaired) electrons. The molecule has 6 nitrogen and oxygen atoms in total. The molecule has 0 heterocycles. The van der Waals surface area contributed by atoms with Crippen molar-refractivity contribution < 1.29 is 19.1 Å².